The number of carbonyl (C=O) groups is 2. The Kier molecular flexibility index (Phi) is 7.42. The Morgan fingerprint density at radius 2 is 2.08 bits per heavy atom. The molecule has 1 heterocycles. The Bertz CT molecular complexity index is 735. The van der Waals surface area contributed by atoms with Gasteiger partial charge in [0.15, 0.2) is 0 Å². The minimum absolute atomic E-state index is 0.147. The summed E-state index contributed by atoms with van der Waals surface area (Å²) in [5.41, 5.74) is 1.25. The Morgan fingerprint density at radius 1 is 1.24 bits per heavy atom. The first-order chi connectivity index (χ1) is 12.1. The Balaban J connectivity index is 1.64. The van der Waals surface area contributed by atoms with Crippen LogP contribution in [0.25, 0.3) is 0 Å². The van der Waals surface area contributed by atoms with Crippen LogP contribution in [0.4, 0.5) is 5.69 Å². The van der Waals surface area contributed by atoms with Gasteiger partial charge in [0.25, 0.3) is 11.6 Å². The molecule has 0 aliphatic heterocycles. The summed E-state index contributed by atoms with van der Waals surface area (Å²) in [7, 11) is 0. The minimum atomic E-state index is -0.572. The van der Waals surface area contributed by atoms with E-state index in [1.54, 1.807) is 23.1 Å². The number of thioether (sulfide) groups is 1. The molecule has 0 bridgehead atoms. The third kappa shape index (κ3) is 6.55. The van der Waals surface area contributed by atoms with Crippen molar-refractivity contribution in [3.63, 3.8) is 0 Å². The van der Waals surface area contributed by atoms with E-state index in [2.05, 4.69) is 22.1 Å². The lowest BCUT2D eigenvalue weighted by Crippen LogP contribution is -2.37. The highest BCUT2D eigenvalue weighted by molar-refractivity contribution is 7.98. The third-order valence-electron chi connectivity index (χ3n) is 3.15. The number of benzene rings is 1. The van der Waals surface area contributed by atoms with Crippen LogP contribution in [0.5, 0.6) is 0 Å². The first-order valence-electron chi connectivity index (χ1n) is 7.44. The van der Waals surface area contributed by atoms with E-state index < -0.39 is 10.8 Å². The van der Waals surface area contributed by atoms with Crippen molar-refractivity contribution in [2.24, 2.45) is 0 Å². The molecule has 2 aromatic rings. The minimum Gasteiger partial charge on any atom is -0.354 e. The molecule has 1 aromatic carbocycles. The molecule has 25 heavy (non-hydrogen) atoms. The van der Waals surface area contributed by atoms with Crippen LogP contribution in [-0.2, 0) is 10.5 Å². The molecule has 2 rings (SSSR count). The quantitative estimate of drug-likeness (QED) is 0.396. The number of nitro benzene ring substituents is 1. The van der Waals surface area contributed by atoms with Crippen molar-refractivity contribution in [3.05, 3.63) is 62.3 Å². The van der Waals surface area contributed by atoms with Crippen molar-refractivity contribution in [2.75, 3.05) is 18.8 Å². The van der Waals surface area contributed by atoms with Crippen LogP contribution in [0.1, 0.15) is 15.9 Å². The number of non-ortho nitro benzene ring substituents is 1. The topological polar surface area (TPSA) is 101 Å². The van der Waals surface area contributed by atoms with Crippen LogP contribution < -0.4 is 10.6 Å². The predicted octanol–water partition coefficient (Wildman–Crippen LogP) is 2.44. The van der Waals surface area contributed by atoms with E-state index in [9.17, 15) is 19.7 Å². The first kappa shape index (κ1) is 18.9. The first-order valence-corrected chi connectivity index (χ1v) is 9.54. The summed E-state index contributed by atoms with van der Waals surface area (Å²) < 4.78 is 0. The van der Waals surface area contributed by atoms with Crippen molar-refractivity contribution >= 4 is 40.6 Å². The summed E-state index contributed by atoms with van der Waals surface area (Å²) in [4.78, 5) is 33.7. The van der Waals surface area contributed by atoms with Gasteiger partial charge < -0.3 is 10.6 Å². The maximum Gasteiger partial charge on any atom is 0.270 e. The second-order valence-corrected chi connectivity index (χ2v) is 6.91. The summed E-state index contributed by atoms with van der Waals surface area (Å²) >= 11 is 3.38. The lowest BCUT2D eigenvalue weighted by atomic mass is 10.2. The lowest BCUT2D eigenvalue weighted by Gasteiger charge is -2.07. The van der Waals surface area contributed by atoms with E-state index >= 15 is 0 Å². The van der Waals surface area contributed by atoms with Crippen molar-refractivity contribution in [2.45, 2.75) is 5.75 Å². The molecule has 0 atom stereocenters. The number of hydrogen-bond donors (Lipinski definition) is 2. The molecular weight excluding hydrogens is 362 g/mol. The zero-order valence-corrected chi connectivity index (χ0v) is 14.9. The summed E-state index contributed by atoms with van der Waals surface area (Å²) in [5.74, 6) is 0.865. The Morgan fingerprint density at radius 3 is 2.80 bits per heavy atom. The smallest absolute Gasteiger partial charge is 0.270 e. The van der Waals surface area contributed by atoms with E-state index in [1.807, 2.05) is 5.38 Å². The Hall–Kier alpha value is -2.39. The second kappa shape index (κ2) is 9.80. The van der Waals surface area contributed by atoms with Gasteiger partial charge in [0.05, 0.1) is 11.5 Å². The van der Waals surface area contributed by atoms with Crippen LogP contribution in [0.2, 0.25) is 0 Å². The molecule has 0 fully saturated rings. The third-order valence-corrected chi connectivity index (χ3v) is 4.91. The number of rotatable bonds is 9. The van der Waals surface area contributed by atoms with Gasteiger partial charge in [-0.1, -0.05) is 6.07 Å². The molecule has 2 N–H and O–H groups in total. The normalized spacial score (nSPS) is 10.2. The van der Waals surface area contributed by atoms with Gasteiger partial charge in [0.2, 0.25) is 5.91 Å². The van der Waals surface area contributed by atoms with Crippen LogP contribution >= 0.6 is 23.1 Å². The number of hydrogen-bond acceptors (Lipinski definition) is 6. The number of nitro groups is 1. The zero-order chi connectivity index (χ0) is 18.1. The van der Waals surface area contributed by atoms with Gasteiger partial charge in [0.1, 0.15) is 0 Å². The van der Waals surface area contributed by atoms with Crippen molar-refractivity contribution in [3.8, 4) is 0 Å². The molecule has 0 radical (unpaired) electrons. The fraction of sp³-hybridized carbons (Fsp3) is 0.250. The van der Waals surface area contributed by atoms with Crippen molar-refractivity contribution in [1.82, 2.24) is 10.6 Å². The van der Waals surface area contributed by atoms with E-state index in [0.29, 0.717) is 6.54 Å². The van der Waals surface area contributed by atoms with Gasteiger partial charge in [-0.2, -0.15) is 23.1 Å². The standard InChI is InChI=1S/C16H17N3O4S2/c20-15(17-5-7-25-11-12-4-6-24-10-12)9-18-16(21)13-2-1-3-14(8-13)19(22)23/h1-4,6,8,10H,5,7,9,11H2,(H,17,20)(H,18,21). The van der Waals surface area contributed by atoms with E-state index in [-0.39, 0.29) is 23.7 Å². The highest BCUT2D eigenvalue weighted by Gasteiger charge is 2.12. The number of thiophene rings is 1. The lowest BCUT2D eigenvalue weighted by molar-refractivity contribution is -0.384. The molecule has 9 heteroatoms. The van der Waals surface area contributed by atoms with Gasteiger partial charge in [0, 0.05) is 35.7 Å². The largest absolute Gasteiger partial charge is 0.354 e. The molecule has 0 aliphatic rings. The molecule has 2 amide bonds. The van der Waals surface area contributed by atoms with Crippen LogP contribution in [0.3, 0.4) is 0 Å². The van der Waals surface area contributed by atoms with Gasteiger partial charge >= 0.3 is 0 Å². The monoisotopic (exact) mass is 379 g/mol. The van der Waals surface area contributed by atoms with Crippen LogP contribution in [0, 0.1) is 10.1 Å². The molecule has 132 valence electrons. The molecular formula is C16H17N3O4S2. The zero-order valence-electron chi connectivity index (χ0n) is 13.3. The maximum atomic E-state index is 11.9. The van der Waals surface area contributed by atoms with Gasteiger partial charge in [-0.05, 0) is 28.5 Å². The SMILES string of the molecule is O=C(CNC(=O)c1cccc([N+](=O)[O-])c1)NCCSCc1ccsc1. The van der Waals surface area contributed by atoms with Crippen LogP contribution in [0.15, 0.2) is 41.1 Å². The molecule has 7 nitrogen and oxygen atoms in total. The van der Waals surface area contributed by atoms with E-state index in [1.165, 1.54) is 29.8 Å². The van der Waals surface area contributed by atoms with Crippen molar-refractivity contribution < 1.29 is 14.5 Å². The second-order valence-electron chi connectivity index (χ2n) is 5.02. The summed E-state index contributed by atoms with van der Waals surface area (Å²) in [5, 5.41) is 20.0. The number of amides is 2. The molecule has 0 saturated carbocycles. The van der Waals surface area contributed by atoms with E-state index in [4.69, 9.17) is 0 Å². The summed E-state index contributed by atoms with van der Waals surface area (Å²) in [6.07, 6.45) is 0. The van der Waals surface area contributed by atoms with Crippen LogP contribution in [-0.4, -0.2) is 35.6 Å². The number of nitrogens with one attached hydrogen (secondary N) is 2. The average Bonchev–Trinajstić information content (AvgIpc) is 3.13. The Labute approximate surface area is 153 Å². The average molecular weight is 379 g/mol. The predicted molar refractivity (Wildman–Crippen MR) is 98.9 cm³/mol. The highest BCUT2D eigenvalue weighted by Crippen LogP contribution is 2.14. The summed E-state index contributed by atoms with van der Waals surface area (Å²) in [6, 6.07) is 7.43. The maximum absolute atomic E-state index is 11.9. The highest BCUT2D eigenvalue weighted by atomic mass is 32.2. The van der Waals surface area contributed by atoms with Crippen molar-refractivity contribution in [1.29, 1.82) is 0 Å². The van der Waals surface area contributed by atoms with Gasteiger partial charge in [-0.25, -0.2) is 0 Å². The number of nitrogens with zero attached hydrogens (tertiary/aromatic N) is 1. The fourth-order valence-corrected chi connectivity index (χ4v) is 3.49. The van der Waals surface area contributed by atoms with Gasteiger partial charge in [-0.15, -0.1) is 0 Å². The molecule has 0 unspecified atom stereocenters. The number of carbonyl (C=O) groups excluding carboxylic acids is 2. The molecule has 0 spiro atoms. The summed E-state index contributed by atoms with van der Waals surface area (Å²) in [6.45, 7) is 0.344. The fourth-order valence-electron chi connectivity index (χ4n) is 1.91. The van der Waals surface area contributed by atoms with E-state index in [0.717, 1.165) is 11.5 Å². The molecule has 1 aromatic heterocycles. The molecule has 0 aliphatic carbocycles. The molecule has 0 saturated heterocycles. The van der Waals surface area contributed by atoms with Gasteiger partial charge in [-0.3, -0.25) is 19.7 Å².